The zero-order valence-electron chi connectivity index (χ0n) is 25.4. The van der Waals surface area contributed by atoms with Crippen LogP contribution in [0.3, 0.4) is 0 Å². The topological polar surface area (TPSA) is 134 Å². The second-order valence-electron chi connectivity index (χ2n) is 11.1. The van der Waals surface area contributed by atoms with E-state index in [0.29, 0.717) is 11.3 Å². The van der Waals surface area contributed by atoms with Crippen LogP contribution in [-0.2, 0) is 32.6 Å². The molecule has 12 heteroatoms. The van der Waals surface area contributed by atoms with Crippen molar-refractivity contribution in [2.75, 3.05) is 20.1 Å². The molecule has 0 spiro atoms. The molecular formula is C32H39N3O7S2. The Morgan fingerprint density at radius 2 is 1.68 bits per heavy atom. The number of rotatable bonds is 12. The number of amides is 2. The minimum atomic E-state index is -4.24. The Morgan fingerprint density at radius 3 is 2.34 bits per heavy atom. The van der Waals surface area contributed by atoms with E-state index in [0.717, 1.165) is 11.1 Å². The molecule has 1 heterocycles. The number of carbonyl (C=O) groups is 2. The van der Waals surface area contributed by atoms with Crippen molar-refractivity contribution in [1.82, 2.24) is 14.9 Å². The number of nitrogens with zero attached hydrogens (tertiary/aromatic N) is 1. The number of hydrogen-bond donors (Lipinski definition) is 3. The summed E-state index contributed by atoms with van der Waals surface area (Å²) in [6, 6.07) is 18.7. The maximum atomic E-state index is 13.9. The van der Waals surface area contributed by atoms with Gasteiger partial charge in [0, 0.05) is 17.4 Å². The predicted molar refractivity (Wildman–Crippen MR) is 170 cm³/mol. The Bertz CT molecular complexity index is 1580. The Balaban J connectivity index is 1.60. The standard InChI is InChI=1S/C32H39N3O7S2/c1-21-11-9-10-14-23(21)19-33-30(37)29-32(2,3)43-20-35(29)31(38)28(36)25(17-22-12-7-6-8-13-22)34-44(39,40)24-15-16-26(41-4)27(18-24)42-5/h6-16,18,25,28-29,34,36H,17,19-20H2,1-5H3,(H,33,37)/t25-,28-,29+/m0/s1. The van der Waals surface area contributed by atoms with Gasteiger partial charge in [-0.25, -0.2) is 13.1 Å². The van der Waals surface area contributed by atoms with Crippen LogP contribution in [0.4, 0.5) is 0 Å². The monoisotopic (exact) mass is 641 g/mol. The van der Waals surface area contributed by atoms with Crippen LogP contribution < -0.4 is 19.5 Å². The van der Waals surface area contributed by atoms with E-state index in [2.05, 4.69) is 10.0 Å². The van der Waals surface area contributed by atoms with Crippen molar-refractivity contribution in [3.8, 4) is 11.5 Å². The second kappa shape index (κ2) is 14.0. The van der Waals surface area contributed by atoms with Crippen LogP contribution in [0.15, 0.2) is 77.7 Å². The quantitative estimate of drug-likeness (QED) is 0.275. The van der Waals surface area contributed by atoms with Crippen LogP contribution in [0.1, 0.15) is 30.5 Å². The molecule has 3 aromatic carbocycles. The van der Waals surface area contributed by atoms with Crippen molar-refractivity contribution >= 4 is 33.6 Å². The molecule has 3 atom stereocenters. The second-order valence-corrected chi connectivity index (χ2v) is 14.4. The van der Waals surface area contributed by atoms with Crippen molar-refractivity contribution in [3.63, 3.8) is 0 Å². The third kappa shape index (κ3) is 7.55. The van der Waals surface area contributed by atoms with E-state index in [1.807, 2.05) is 51.1 Å². The molecule has 1 saturated heterocycles. The zero-order chi connectivity index (χ0) is 32.1. The first kappa shape index (κ1) is 33.3. The first-order chi connectivity index (χ1) is 20.9. The fraction of sp³-hybridized carbons (Fsp3) is 0.375. The molecule has 10 nitrogen and oxygen atoms in total. The van der Waals surface area contributed by atoms with Gasteiger partial charge in [0.05, 0.1) is 31.0 Å². The predicted octanol–water partition coefficient (Wildman–Crippen LogP) is 3.26. The maximum Gasteiger partial charge on any atom is 0.254 e. The maximum absolute atomic E-state index is 13.9. The molecule has 4 rings (SSSR count). The molecule has 0 saturated carbocycles. The highest BCUT2D eigenvalue weighted by molar-refractivity contribution is 8.00. The van der Waals surface area contributed by atoms with Crippen molar-refractivity contribution < 1.29 is 32.6 Å². The van der Waals surface area contributed by atoms with Crippen LogP contribution in [0.2, 0.25) is 0 Å². The van der Waals surface area contributed by atoms with E-state index in [9.17, 15) is 23.1 Å². The number of ether oxygens (including phenoxy) is 2. The summed E-state index contributed by atoms with van der Waals surface area (Å²) in [7, 11) is -1.40. The van der Waals surface area contributed by atoms with Crippen LogP contribution in [0, 0.1) is 6.92 Å². The van der Waals surface area contributed by atoms with E-state index in [4.69, 9.17) is 9.47 Å². The summed E-state index contributed by atoms with van der Waals surface area (Å²) in [6.07, 6.45) is -1.76. The first-order valence-electron chi connectivity index (χ1n) is 14.1. The summed E-state index contributed by atoms with van der Waals surface area (Å²) in [4.78, 5) is 28.7. The minimum Gasteiger partial charge on any atom is -0.493 e. The van der Waals surface area contributed by atoms with Crippen LogP contribution in [-0.4, -0.2) is 73.3 Å². The number of benzene rings is 3. The fourth-order valence-corrected chi connectivity index (χ4v) is 7.58. The molecular weight excluding hydrogens is 603 g/mol. The number of aliphatic hydroxyl groups excluding tert-OH is 1. The number of methoxy groups -OCH3 is 2. The lowest BCUT2D eigenvalue weighted by Crippen LogP contribution is -2.58. The van der Waals surface area contributed by atoms with Crippen molar-refractivity contribution in [3.05, 3.63) is 89.5 Å². The van der Waals surface area contributed by atoms with Gasteiger partial charge in [-0.05, 0) is 56.0 Å². The molecule has 1 aliphatic heterocycles. The summed E-state index contributed by atoms with van der Waals surface area (Å²) in [5, 5.41) is 14.5. The Labute approximate surface area is 263 Å². The smallest absolute Gasteiger partial charge is 0.254 e. The van der Waals surface area contributed by atoms with E-state index < -0.39 is 38.9 Å². The highest BCUT2D eigenvalue weighted by atomic mass is 32.2. The lowest BCUT2D eigenvalue weighted by molar-refractivity contribution is -0.147. The van der Waals surface area contributed by atoms with E-state index in [-0.39, 0.29) is 35.4 Å². The van der Waals surface area contributed by atoms with Gasteiger partial charge in [-0.2, -0.15) is 0 Å². The molecule has 0 unspecified atom stereocenters. The number of sulfonamides is 1. The number of hydrogen-bond acceptors (Lipinski definition) is 8. The summed E-state index contributed by atoms with van der Waals surface area (Å²) < 4.78 is 39.5. The molecule has 3 N–H and O–H groups in total. The van der Waals surface area contributed by atoms with E-state index in [1.165, 1.54) is 49.1 Å². The Hall–Kier alpha value is -3.58. The summed E-state index contributed by atoms with van der Waals surface area (Å²) in [6.45, 7) is 5.99. The molecule has 1 fully saturated rings. The minimum absolute atomic E-state index is 0.0226. The lowest BCUT2D eigenvalue weighted by Gasteiger charge is -2.33. The van der Waals surface area contributed by atoms with Gasteiger partial charge in [-0.1, -0.05) is 54.6 Å². The van der Waals surface area contributed by atoms with Gasteiger partial charge in [0.2, 0.25) is 15.9 Å². The number of nitrogens with one attached hydrogen (secondary N) is 2. The van der Waals surface area contributed by atoms with Gasteiger partial charge in [0.1, 0.15) is 12.1 Å². The first-order valence-corrected chi connectivity index (χ1v) is 16.6. The van der Waals surface area contributed by atoms with E-state index in [1.54, 1.807) is 24.3 Å². The van der Waals surface area contributed by atoms with Crippen molar-refractivity contribution in [2.24, 2.45) is 0 Å². The van der Waals surface area contributed by atoms with Crippen LogP contribution in [0.25, 0.3) is 0 Å². The van der Waals surface area contributed by atoms with Crippen molar-refractivity contribution in [1.29, 1.82) is 0 Å². The van der Waals surface area contributed by atoms with Crippen LogP contribution in [0.5, 0.6) is 11.5 Å². The number of thioether (sulfide) groups is 1. The fourth-order valence-electron chi connectivity index (χ4n) is 5.18. The average Bonchev–Trinajstić information content (AvgIpc) is 3.34. The summed E-state index contributed by atoms with van der Waals surface area (Å²) >= 11 is 1.42. The lowest BCUT2D eigenvalue weighted by atomic mass is 9.97. The van der Waals surface area contributed by atoms with Gasteiger partial charge in [-0.15, -0.1) is 11.8 Å². The Kier molecular flexibility index (Phi) is 10.6. The van der Waals surface area contributed by atoms with Crippen molar-refractivity contribution in [2.45, 2.75) is 61.6 Å². The van der Waals surface area contributed by atoms with Crippen LogP contribution >= 0.6 is 11.8 Å². The van der Waals surface area contributed by atoms with Gasteiger partial charge < -0.3 is 24.8 Å². The highest BCUT2D eigenvalue weighted by Gasteiger charge is 2.50. The molecule has 236 valence electrons. The molecule has 0 aliphatic carbocycles. The SMILES string of the molecule is COc1ccc(S(=O)(=O)N[C@@H](Cc2ccccc2)[C@H](O)C(=O)N2CSC(C)(C)[C@H]2C(=O)NCc2ccccc2C)cc1OC. The van der Waals surface area contributed by atoms with Gasteiger partial charge >= 0.3 is 0 Å². The van der Waals surface area contributed by atoms with Gasteiger partial charge in [0.25, 0.3) is 5.91 Å². The van der Waals surface area contributed by atoms with E-state index >= 15 is 0 Å². The molecule has 0 aromatic heterocycles. The normalized spacial score (nSPS) is 17.5. The average molecular weight is 642 g/mol. The zero-order valence-corrected chi connectivity index (χ0v) is 27.1. The summed E-state index contributed by atoms with van der Waals surface area (Å²) in [5.74, 6) is -0.374. The van der Waals surface area contributed by atoms with Gasteiger partial charge in [0.15, 0.2) is 11.5 Å². The third-order valence-electron chi connectivity index (χ3n) is 7.70. The molecule has 3 aromatic rings. The Morgan fingerprint density at radius 1 is 1.02 bits per heavy atom. The number of aliphatic hydroxyl groups is 1. The molecule has 0 radical (unpaired) electrons. The molecule has 2 amide bonds. The molecule has 1 aliphatic rings. The number of aryl methyl sites for hydroxylation is 1. The molecule has 44 heavy (non-hydrogen) atoms. The highest BCUT2D eigenvalue weighted by Crippen LogP contribution is 2.40. The molecule has 0 bridgehead atoms. The third-order valence-corrected chi connectivity index (χ3v) is 10.6. The van der Waals surface area contributed by atoms with Gasteiger partial charge in [-0.3, -0.25) is 9.59 Å². The number of carbonyl (C=O) groups excluding carboxylic acids is 2. The largest absolute Gasteiger partial charge is 0.493 e. The summed E-state index contributed by atoms with van der Waals surface area (Å²) in [5.41, 5.74) is 2.69.